The molecule has 20 heavy (non-hydrogen) atoms. The van der Waals surface area contributed by atoms with E-state index in [1.54, 1.807) is 0 Å². The van der Waals surface area contributed by atoms with Gasteiger partial charge in [-0.25, -0.2) is 4.98 Å². The molecule has 1 aliphatic rings. The quantitative estimate of drug-likeness (QED) is 0.877. The first-order valence-electron chi connectivity index (χ1n) is 7.53. The number of piperidine rings is 1. The maximum atomic E-state index is 5.40. The highest BCUT2D eigenvalue weighted by atomic mass is 32.1. The first-order valence-corrected chi connectivity index (χ1v) is 7.94. The molecule has 1 atom stereocenters. The van der Waals surface area contributed by atoms with Gasteiger partial charge in [-0.1, -0.05) is 6.42 Å². The van der Waals surface area contributed by atoms with E-state index in [1.165, 1.54) is 25.8 Å². The predicted molar refractivity (Wildman–Crippen MR) is 84.4 cm³/mol. The van der Waals surface area contributed by atoms with E-state index in [0.717, 1.165) is 41.5 Å². The number of aryl methyl sites for hydroxylation is 1. The second-order valence-electron chi connectivity index (χ2n) is 5.69. The van der Waals surface area contributed by atoms with Gasteiger partial charge in [0, 0.05) is 25.3 Å². The van der Waals surface area contributed by atoms with E-state index in [-0.39, 0.29) is 0 Å². The van der Waals surface area contributed by atoms with Crippen molar-refractivity contribution in [2.24, 2.45) is 0 Å². The number of aromatic nitrogens is 3. The van der Waals surface area contributed by atoms with Crippen molar-refractivity contribution in [2.45, 2.75) is 45.2 Å². The Labute approximate surface area is 124 Å². The van der Waals surface area contributed by atoms with Gasteiger partial charge in [0.1, 0.15) is 0 Å². The largest absolute Gasteiger partial charge is 0.329 e. The van der Waals surface area contributed by atoms with Gasteiger partial charge >= 0.3 is 0 Å². The zero-order chi connectivity index (χ0) is 13.9. The van der Waals surface area contributed by atoms with E-state index in [2.05, 4.69) is 26.4 Å². The van der Waals surface area contributed by atoms with Crippen molar-refractivity contribution in [3.63, 3.8) is 0 Å². The number of pyridine rings is 1. The van der Waals surface area contributed by atoms with Gasteiger partial charge in [-0.05, 0) is 57.1 Å². The van der Waals surface area contributed by atoms with E-state index in [0.29, 0.717) is 0 Å². The van der Waals surface area contributed by atoms with Crippen molar-refractivity contribution in [3.8, 4) is 0 Å². The molecule has 0 aliphatic carbocycles. The number of rotatable bonds is 4. The van der Waals surface area contributed by atoms with Crippen molar-refractivity contribution >= 4 is 23.4 Å². The molecule has 3 heterocycles. The molecule has 2 aromatic rings. The SMILES string of the molecule is CC1CCCCN1CCCn1c(=S)[nH]c2cccnc21. The van der Waals surface area contributed by atoms with Crippen LogP contribution in [0.25, 0.3) is 11.2 Å². The van der Waals surface area contributed by atoms with Crippen LogP contribution >= 0.6 is 12.2 Å². The Hall–Kier alpha value is -1.20. The Bertz CT molecular complexity index is 630. The standard InChI is InChI=1S/C15H22N4S/c1-12-6-2-3-9-18(12)10-5-11-19-14-13(17-15(19)20)7-4-8-16-14/h4,7-8,12H,2-3,5-6,9-11H2,1H3,(H,17,20). The molecule has 0 saturated carbocycles. The molecular formula is C15H22N4S. The molecule has 4 nitrogen and oxygen atoms in total. The third kappa shape index (κ3) is 2.79. The monoisotopic (exact) mass is 290 g/mol. The van der Waals surface area contributed by atoms with E-state index in [4.69, 9.17) is 12.2 Å². The minimum Gasteiger partial charge on any atom is -0.329 e. The van der Waals surface area contributed by atoms with Crippen molar-refractivity contribution in [2.75, 3.05) is 13.1 Å². The van der Waals surface area contributed by atoms with E-state index in [1.807, 2.05) is 18.3 Å². The fourth-order valence-corrected chi connectivity index (χ4v) is 3.41. The molecule has 3 rings (SSSR count). The predicted octanol–water partition coefficient (Wildman–Crippen LogP) is 3.36. The molecule has 1 aliphatic heterocycles. The molecule has 1 saturated heterocycles. The summed E-state index contributed by atoms with van der Waals surface area (Å²) in [5.74, 6) is 0. The van der Waals surface area contributed by atoms with Gasteiger partial charge in [0.15, 0.2) is 10.4 Å². The van der Waals surface area contributed by atoms with Crippen LogP contribution in [0.3, 0.4) is 0 Å². The second kappa shape index (κ2) is 6.06. The molecule has 1 fully saturated rings. The molecule has 1 N–H and O–H groups in total. The number of likely N-dealkylation sites (tertiary alicyclic amines) is 1. The molecule has 5 heteroatoms. The fourth-order valence-electron chi connectivity index (χ4n) is 3.12. The van der Waals surface area contributed by atoms with Crippen LogP contribution in [0.15, 0.2) is 18.3 Å². The highest BCUT2D eigenvalue weighted by Crippen LogP contribution is 2.17. The Morgan fingerprint density at radius 1 is 1.40 bits per heavy atom. The van der Waals surface area contributed by atoms with Gasteiger partial charge in [-0.15, -0.1) is 0 Å². The van der Waals surface area contributed by atoms with Crippen LogP contribution in [0, 0.1) is 4.77 Å². The summed E-state index contributed by atoms with van der Waals surface area (Å²) in [5, 5.41) is 0. The van der Waals surface area contributed by atoms with Gasteiger partial charge in [-0.2, -0.15) is 0 Å². The topological polar surface area (TPSA) is 36.9 Å². The first-order chi connectivity index (χ1) is 9.75. The van der Waals surface area contributed by atoms with Crippen LogP contribution < -0.4 is 0 Å². The number of nitrogens with one attached hydrogen (secondary N) is 1. The summed E-state index contributed by atoms with van der Waals surface area (Å²) in [6.45, 7) is 5.69. The molecule has 108 valence electrons. The highest BCUT2D eigenvalue weighted by Gasteiger charge is 2.17. The molecule has 2 aromatic heterocycles. The summed E-state index contributed by atoms with van der Waals surface area (Å²) in [6.07, 6.45) is 7.03. The maximum absolute atomic E-state index is 5.40. The van der Waals surface area contributed by atoms with Gasteiger partial charge in [-0.3, -0.25) is 0 Å². The third-order valence-corrected chi connectivity index (χ3v) is 4.62. The van der Waals surface area contributed by atoms with Crippen molar-refractivity contribution in [1.29, 1.82) is 0 Å². The van der Waals surface area contributed by atoms with Gasteiger partial charge in [0.2, 0.25) is 0 Å². The van der Waals surface area contributed by atoms with E-state index < -0.39 is 0 Å². The Balaban J connectivity index is 1.65. The average molecular weight is 290 g/mol. The van der Waals surface area contributed by atoms with Crippen LogP contribution in [0.2, 0.25) is 0 Å². The average Bonchev–Trinajstić information content (AvgIpc) is 2.77. The van der Waals surface area contributed by atoms with Crippen molar-refractivity contribution < 1.29 is 0 Å². The number of H-pyrrole nitrogens is 1. The lowest BCUT2D eigenvalue weighted by atomic mass is 10.0. The summed E-state index contributed by atoms with van der Waals surface area (Å²) < 4.78 is 2.91. The Kier molecular flexibility index (Phi) is 4.17. The lowest BCUT2D eigenvalue weighted by Gasteiger charge is -2.33. The van der Waals surface area contributed by atoms with Gasteiger partial charge in [0.05, 0.1) is 5.52 Å². The molecular weight excluding hydrogens is 268 g/mol. The van der Waals surface area contributed by atoms with Gasteiger partial charge in [0.25, 0.3) is 0 Å². The molecule has 0 radical (unpaired) electrons. The Morgan fingerprint density at radius 3 is 3.15 bits per heavy atom. The van der Waals surface area contributed by atoms with Crippen LogP contribution in [-0.4, -0.2) is 38.6 Å². The summed E-state index contributed by atoms with van der Waals surface area (Å²) in [5.41, 5.74) is 2.01. The van der Waals surface area contributed by atoms with Crippen molar-refractivity contribution in [1.82, 2.24) is 19.4 Å². The van der Waals surface area contributed by atoms with Crippen LogP contribution in [0.1, 0.15) is 32.6 Å². The highest BCUT2D eigenvalue weighted by molar-refractivity contribution is 7.71. The zero-order valence-corrected chi connectivity index (χ0v) is 12.8. The minimum absolute atomic E-state index is 0.734. The lowest BCUT2D eigenvalue weighted by Crippen LogP contribution is -2.38. The van der Waals surface area contributed by atoms with Crippen LogP contribution in [-0.2, 0) is 6.54 Å². The number of aromatic amines is 1. The number of hydrogen-bond donors (Lipinski definition) is 1. The summed E-state index contributed by atoms with van der Waals surface area (Å²) in [4.78, 5) is 10.3. The number of fused-ring (bicyclic) bond motifs is 1. The van der Waals surface area contributed by atoms with E-state index in [9.17, 15) is 0 Å². The smallest absolute Gasteiger partial charge is 0.179 e. The maximum Gasteiger partial charge on any atom is 0.179 e. The Morgan fingerprint density at radius 2 is 2.30 bits per heavy atom. The number of nitrogens with zero attached hydrogens (tertiary/aromatic N) is 3. The van der Waals surface area contributed by atoms with Gasteiger partial charge < -0.3 is 14.5 Å². The molecule has 0 aromatic carbocycles. The molecule has 0 amide bonds. The van der Waals surface area contributed by atoms with E-state index >= 15 is 0 Å². The zero-order valence-electron chi connectivity index (χ0n) is 12.0. The number of imidazole rings is 1. The van der Waals surface area contributed by atoms with Crippen LogP contribution in [0.4, 0.5) is 0 Å². The third-order valence-electron chi connectivity index (χ3n) is 4.30. The number of hydrogen-bond acceptors (Lipinski definition) is 3. The normalized spacial score (nSPS) is 20.6. The summed E-state index contributed by atoms with van der Waals surface area (Å²) >= 11 is 5.40. The second-order valence-corrected chi connectivity index (χ2v) is 6.08. The lowest BCUT2D eigenvalue weighted by molar-refractivity contribution is 0.157. The van der Waals surface area contributed by atoms with Crippen LogP contribution in [0.5, 0.6) is 0 Å². The minimum atomic E-state index is 0.734. The van der Waals surface area contributed by atoms with Crippen molar-refractivity contribution in [3.05, 3.63) is 23.1 Å². The fraction of sp³-hybridized carbons (Fsp3) is 0.600. The molecule has 1 unspecified atom stereocenters. The molecule has 0 spiro atoms. The first kappa shape index (κ1) is 13.8. The molecule has 0 bridgehead atoms. The summed E-state index contributed by atoms with van der Waals surface area (Å²) in [7, 11) is 0. The summed E-state index contributed by atoms with van der Waals surface area (Å²) in [6, 6.07) is 4.70.